The smallest absolute Gasteiger partial charge is 0.241 e. The highest BCUT2D eigenvalue weighted by Gasteiger charge is 2.27. The van der Waals surface area contributed by atoms with Gasteiger partial charge in [-0.25, -0.2) is 0 Å². The quantitative estimate of drug-likeness (QED) is 0.898. The van der Waals surface area contributed by atoms with Crippen molar-refractivity contribution in [3.63, 3.8) is 0 Å². The van der Waals surface area contributed by atoms with Gasteiger partial charge < -0.3 is 20.1 Å². The molecule has 0 aromatic heterocycles. The van der Waals surface area contributed by atoms with Crippen LogP contribution in [0.2, 0.25) is 5.02 Å². The van der Waals surface area contributed by atoms with Crippen molar-refractivity contribution in [1.82, 2.24) is 4.90 Å². The van der Waals surface area contributed by atoms with Crippen LogP contribution >= 0.6 is 11.6 Å². The summed E-state index contributed by atoms with van der Waals surface area (Å²) in [5, 5.41) is 0.609. The van der Waals surface area contributed by atoms with Gasteiger partial charge in [0.05, 0.1) is 11.6 Å². The van der Waals surface area contributed by atoms with Crippen molar-refractivity contribution in [3.05, 3.63) is 29.3 Å². The average Bonchev–Trinajstić information content (AvgIpc) is 2.50. The summed E-state index contributed by atoms with van der Waals surface area (Å²) < 4.78 is 10.8. The van der Waals surface area contributed by atoms with E-state index in [2.05, 4.69) is 0 Å². The maximum atomic E-state index is 12.1. The molecule has 1 aliphatic rings. The molecule has 21 heavy (non-hydrogen) atoms. The number of nitrogens with zero attached hydrogens (tertiary/aromatic N) is 1. The maximum Gasteiger partial charge on any atom is 0.241 e. The third-order valence-electron chi connectivity index (χ3n) is 3.55. The van der Waals surface area contributed by atoms with Crippen LogP contribution in [0, 0.1) is 0 Å². The summed E-state index contributed by atoms with van der Waals surface area (Å²) in [5.74, 6) is 0.632. The van der Waals surface area contributed by atoms with Gasteiger partial charge in [-0.15, -0.1) is 0 Å². The number of piperidine rings is 1. The molecule has 5 nitrogen and oxygen atoms in total. The number of hydrogen-bond donors (Lipinski definition) is 1. The van der Waals surface area contributed by atoms with Crippen molar-refractivity contribution in [1.29, 1.82) is 0 Å². The van der Waals surface area contributed by atoms with Gasteiger partial charge in [0.2, 0.25) is 5.91 Å². The molecular weight excluding hydrogens is 292 g/mol. The van der Waals surface area contributed by atoms with Gasteiger partial charge in [0, 0.05) is 33.0 Å². The monoisotopic (exact) mass is 312 g/mol. The summed E-state index contributed by atoms with van der Waals surface area (Å²) in [6.07, 6.45) is 1.63. The zero-order chi connectivity index (χ0) is 15.2. The molecule has 2 N–H and O–H groups in total. The number of halogens is 1. The van der Waals surface area contributed by atoms with Gasteiger partial charge in [0.1, 0.15) is 17.9 Å². The van der Waals surface area contributed by atoms with E-state index in [9.17, 15) is 4.79 Å². The molecule has 1 amide bonds. The van der Waals surface area contributed by atoms with Crippen molar-refractivity contribution in [2.45, 2.75) is 25.0 Å². The first kappa shape index (κ1) is 16.1. The van der Waals surface area contributed by atoms with Crippen LogP contribution in [-0.2, 0) is 9.53 Å². The molecule has 0 saturated carbocycles. The number of likely N-dealkylation sites (tertiary alicyclic amines) is 1. The lowest BCUT2D eigenvalue weighted by molar-refractivity contribution is -0.135. The van der Waals surface area contributed by atoms with Crippen molar-refractivity contribution >= 4 is 17.5 Å². The molecule has 1 fully saturated rings. The molecule has 1 aliphatic heterocycles. The number of para-hydroxylation sites is 1. The van der Waals surface area contributed by atoms with E-state index in [0.717, 1.165) is 12.8 Å². The highest BCUT2D eigenvalue weighted by molar-refractivity contribution is 6.32. The number of carbonyl (C=O) groups is 1. The first-order valence-corrected chi connectivity index (χ1v) is 7.44. The molecule has 1 saturated heterocycles. The van der Waals surface area contributed by atoms with E-state index in [-0.39, 0.29) is 18.6 Å². The van der Waals surface area contributed by atoms with Crippen LogP contribution in [0.1, 0.15) is 12.8 Å². The Balaban J connectivity index is 1.83. The van der Waals surface area contributed by atoms with Crippen LogP contribution in [0.15, 0.2) is 24.3 Å². The molecule has 0 aliphatic carbocycles. The summed E-state index contributed by atoms with van der Waals surface area (Å²) >= 11 is 6.08. The molecule has 0 radical (unpaired) electrons. The van der Waals surface area contributed by atoms with Crippen LogP contribution in [0.3, 0.4) is 0 Å². The van der Waals surface area contributed by atoms with Crippen LogP contribution in [-0.4, -0.2) is 49.8 Å². The Bertz CT molecular complexity index is 476. The zero-order valence-corrected chi connectivity index (χ0v) is 12.9. The second kappa shape index (κ2) is 7.64. The molecule has 2 rings (SSSR count). The van der Waals surface area contributed by atoms with Crippen LogP contribution in [0.5, 0.6) is 5.75 Å². The van der Waals surface area contributed by atoms with Gasteiger partial charge >= 0.3 is 0 Å². The van der Waals surface area contributed by atoms with Crippen LogP contribution in [0.25, 0.3) is 0 Å². The van der Waals surface area contributed by atoms with E-state index in [0.29, 0.717) is 23.9 Å². The Morgan fingerprint density at radius 1 is 1.43 bits per heavy atom. The predicted molar refractivity (Wildman–Crippen MR) is 81.5 cm³/mol. The SMILES string of the molecule is COC[C@@H](N)C(=O)N1CCC(Oc2ccccc2Cl)CC1. The minimum Gasteiger partial charge on any atom is -0.489 e. The number of nitrogens with two attached hydrogens (primary N) is 1. The standard InChI is InChI=1S/C15H21ClN2O3/c1-20-10-13(17)15(19)18-8-6-11(7-9-18)21-14-5-3-2-4-12(14)16/h2-5,11,13H,6-10,17H2,1H3/t13-/m1/s1. The fraction of sp³-hybridized carbons (Fsp3) is 0.533. The fourth-order valence-electron chi connectivity index (χ4n) is 2.40. The number of methoxy groups -OCH3 is 1. The Morgan fingerprint density at radius 2 is 2.10 bits per heavy atom. The fourth-order valence-corrected chi connectivity index (χ4v) is 2.58. The number of ether oxygens (including phenoxy) is 2. The Hall–Kier alpha value is -1.30. The van der Waals surface area contributed by atoms with E-state index in [1.165, 1.54) is 7.11 Å². The minimum absolute atomic E-state index is 0.0620. The molecule has 1 heterocycles. The van der Waals surface area contributed by atoms with Crippen LogP contribution < -0.4 is 10.5 Å². The minimum atomic E-state index is -0.587. The summed E-state index contributed by atoms with van der Waals surface area (Å²) in [4.78, 5) is 13.8. The Morgan fingerprint density at radius 3 is 2.71 bits per heavy atom. The third-order valence-corrected chi connectivity index (χ3v) is 3.86. The maximum absolute atomic E-state index is 12.1. The van der Waals surface area contributed by atoms with E-state index in [1.54, 1.807) is 11.0 Å². The topological polar surface area (TPSA) is 64.8 Å². The van der Waals surface area contributed by atoms with Gasteiger partial charge in [-0.2, -0.15) is 0 Å². The average molecular weight is 313 g/mol. The first-order chi connectivity index (χ1) is 10.1. The largest absolute Gasteiger partial charge is 0.489 e. The lowest BCUT2D eigenvalue weighted by Crippen LogP contribution is -2.50. The number of benzene rings is 1. The van der Waals surface area contributed by atoms with Gasteiger partial charge in [0.25, 0.3) is 0 Å². The van der Waals surface area contributed by atoms with Gasteiger partial charge in [-0.05, 0) is 12.1 Å². The second-order valence-electron chi connectivity index (χ2n) is 5.13. The van der Waals surface area contributed by atoms with Crippen molar-refractivity contribution in [2.75, 3.05) is 26.8 Å². The zero-order valence-electron chi connectivity index (χ0n) is 12.1. The van der Waals surface area contributed by atoms with Crippen molar-refractivity contribution in [3.8, 4) is 5.75 Å². The van der Waals surface area contributed by atoms with E-state index >= 15 is 0 Å². The summed E-state index contributed by atoms with van der Waals surface area (Å²) in [6.45, 7) is 1.53. The van der Waals surface area contributed by atoms with E-state index < -0.39 is 6.04 Å². The third kappa shape index (κ3) is 4.33. The van der Waals surface area contributed by atoms with Crippen molar-refractivity contribution < 1.29 is 14.3 Å². The van der Waals surface area contributed by atoms with Gasteiger partial charge in [-0.1, -0.05) is 23.7 Å². The van der Waals surface area contributed by atoms with Crippen molar-refractivity contribution in [2.24, 2.45) is 5.73 Å². The normalized spacial score (nSPS) is 17.6. The van der Waals surface area contributed by atoms with Gasteiger partial charge in [-0.3, -0.25) is 4.79 Å². The molecule has 1 aromatic rings. The molecular formula is C15H21ClN2O3. The molecule has 1 atom stereocenters. The molecule has 116 valence electrons. The molecule has 1 aromatic carbocycles. The number of carbonyl (C=O) groups excluding carboxylic acids is 1. The Labute approximate surface area is 130 Å². The van der Waals surface area contributed by atoms with E-state index in [1.807, 2.05) is 18.2 Å². The molecule has 6 heteroatoms. The number of hydrogen-bond acceptors (Lipinski definition) is 4. The predicted octanol–water partition coefficient (Wildman–Crippen LogP) is 1.68. The number of amides is 1. The number of rotatable bonds is 5. The summed E-state index contributed by atoms with van der Waals surface area (Å²) in [6, 6.07) is 6.83. The highest BCUT2D eigenvalue weighted by atomic mass is 35.5. The summed E-state index contributed by atoms with van der Waals surface area (Å²) in [5.41, 5.74) is 5.77. The molecule has 0 spiro atoms. The second-order valence-corrected chi connectivity index (χ2v) is 5.54. The first-order valence-electron chi connectivity index (χ1n) is 7.06. The molecule has 0 bridgehead atoms. The Kier molecular flexibility index (Phi) is 5.85. The lowest BCUT2D eigenvalue weighted by atomic mass is 10.1. The van der Waals surface area contributed by atoms with Gasteiger partial charge in [0.15, 0.2) is 0 Å². The van der Waals surface area contributed by atoms with E-state index in [4.69, 9.17) is 26.8 Å². The highest BCUT2D eigenvalue weighted by Crippen LogP contribution is 2.26. The van der Waals surface area contributed by atoms with Crippen LogP contribution in [0.4, 0.5) is 0 Å². The summed E-state index contributed by atoms with van der Waals surface area (Å²) in [7, 11) is 1.54. The lowest BCUT2D eigenvalue weighted by Gasteiger charge is -2.33. The molecule has 0 unspecified atom stereocenters.